The number of nitrogens with zero attached hydrogens (tertiary/aromatic N) is 5. The number of hydrogen-bond donors (Lipinski definition) is 0. The predicted octanol–water partition coefficient (Wildman–Crippen LogP) is 2.37. The Balaban J connectivity index is 1.42. The number of carbonyl (C=O) groups excluding carboxylic acids is 1. The number of hydrogen-bond acceptors (Lipinski definition) is 4. The van der Waals surface area contributed by atoms with Gasteiger partial charge in [0, 0.05) is 61.0 Å². The maximum absolute atomic E-state index is 13.0. The third-order valence-electron chi connectivity index (χ3n) is 6.29. The highest BCUT2D eigenvalue weighted by Gasteiger charge is 2.36. The molecule has 0 saturated carbocycles. The predicted molar refractivity (Wildman–Crippen MR) is 113 cm³/mol. The Morgan fingerprint density at radius 3 is 2.73 bits per heavy atom. The zero-order valence-corrected chi connectivity index (χ0v) is 17.3. The van der Waals surface area contributed by atoms with Crippen molar-refractivity contribution in [2.24, 2.45) is 5.92 Å². The number of aryl methyl sites for hydroxylation is 2. The highest BCUT2D eigenvalue weighted by molar-refractivity contribution is 5.76. The summed E-state index contributed by atoms with van der Waals surface area (Å²) in [5.41, 5.74) is 4.81. The largest absolute Gasteiger partial charge is 0.340 e. The molecule has 3 aromatic heterocycles. The van der Waals surface area contributed by atoms with Crippen LogP contribution in [0.25, 0.3) is 11.1 Å². The van der Waals surface area contributed by atoms with E-state index in [2.05, 4.69) is 16.1 Å². The molecular formula is C23H25N5O2. The van der Waals surface area contributed by atoms with E-state index in [0.29, 0.717) is 25.6 Å². The van der Waals surface area contributed by atoms with Gasteiger partial charge in [0.2, 0.25) is 5.91 Å². The fraction of sp³-hybridized carbons (Fsp3) is 0.391. The first-order valence-corrected chi connectivity index (χ1v) is 10.4. The summed E-state index contributed by atoms with van der Waals surface area (Å²) >= 11 is 0. The van der Waals surface area contributed by atoms with Crippen molar-refractivity contribution in [3.05, 3.63) is 70.2 Å². The second kappa shape index (κ2) is 7.23. The third kappa shape index (κ3) is 3.34. The number of likely N-dealkylation sites (tertiary alicyclic amines) is 1. The quantitative estimate of drug-likeness (QED) is 0.673. The number of aromatic nitrogens is 4. The van der Waals surface area contributed by atoms with Crippen molar-refractivity contribution >= 4 is 5.91 Å². The normalized spacial score (nSPS) is 20.1. The van der Waals surface area contributed by atoms with Crippen molar-refractivity contribution in [1.29, 1.82) is 0 Å². The molecule has 154 valence electrons. The van der Waals surface area contributed by atoms with E-state index in [9.17, 15) is 9.59 Å². The lowest BCUT2D eigenvalue weighted by atomic mass is 9.82. The topological polar surface area (TPSA) is 73.0 Å². The fourth-order valence-electron chi connectivity index (χ4n) is 4.93. The lowest BCUT2D eigenvalue weighted by molar-refractivity contribution is -0.134. The molecular weight excluding hydrogens is 378 g/mol. The standard InChI is InChI=1S/C23H25N5O2/c1-15-6-16(2)28(25-15)14-23(30)26-11-17-7-20(13-26)21-8-19(9-22(29)27(21)12-17)18-4-3-5-24-10-18/h3-6,8-10,17,20H,7,11-14H2,1-2H3/t17-,20+/m0/s1. The monoisotopic (exact) mass is 403 g/mol. The molecule has 5 heterocycles. The molecule has 7 nitrogen and oxygen atoms in total. The van der Waals surface area contributed by atoms with Gasteiger partial charge in [-0.05, 0) is 49.9 Å². The molecule has 0 unspecified atom stereocenters. The van der Waals surface area contributed by atoms with Crippen LogP contribution in [0.5, 0.6) is 0 Å². The van der Waals surface area contributed by atoms with Gasteiger partial charge in [-0.1, -0.05) is 6.07 Å². The number of carbonyl (C=O) groups is 1. The first kappa shape index (κ1) is 18.8. The molecule has 3 aromatic rings. The molecule has 5 rings (SSSR count). The number of pyridine rings is 2. The van der Waals surface area contributed by atoms with E-state index >= 15 is 0 Å². The molecule has 1 fully saturated rings. The van der Waals surface area contributed by atoms with Gasteiger partial charge < -0.3 is 9.47 Å². The molecule has 1 saturated heterocycles. The van der Waals surface area contributed by atoms with Crippen molar-refractivity contribution in [3.8, 4) is 11.1 Å². The average Bonchev–Trinajstić information content (AvgIpc) is 3.05. The summed E-state index contributed by atoms with van der Waals surface area (Å²) in [5.74, 6) is 0.573. The molecule has 1 amide bonds. The highest BCUT2D eigenvalue weighted by Crippen LogP contribution is 2.36. The van der Waals surface area contributed by atoms with Crippen LogP contribution in [0.2, 0.25) is 0 Å². The van der Waals surface area contributed by atoms with Crippen LogP contribution in [0.15, 0.2) is 47.5 Å². The molecule has 30 heavy (non-hydrogen) atoms. The van der Waals surface area contributed by atoms with E-state index < -0.39 is 0 Å². The summed E-state index contributed by atoms with van der Waals surface area (Å²) in [7, 11) is 0. The van der Waals surface area contributed by atoms with Crippen molar-refractivity contribution in [2.75, 3.05) is 13.1 Å². The Morgan fingerprint density at radius 2 is 2.00 bits per heavy atom. The summed E-state index contributed by atoms with van der Waals surface area (Å²) in [4.78, 5) is 32.0. The van der Waals surface area contributed by atoms with Gasteiger partial charge in [0.1, 0.15) is 6.54 Å². The van der Waals surface area contributed by atoms with E-state index in [0.717, 1.165) is 34.6 Å². The van der Waals surface area contributed by atoms with Crippen molar-refractivity contribution < 1.29 is 4.79 Å². The van der Waals surface area contributed by atoms with Crippen LogP contribution in [0.1, 0.15) is 29.4 Å². The number of fused-ring (bicyclic) bond motifs is 4. The maximum atomic E-state index is 13.0. The molecule has 0 aliphatic carbocycles. The van der Waals surface area contributed by atoms with Crippen molar-refractivity contribution in [1.82, 2.24) is 24.2 Å². The Bertz CT molecular complexity index is 1160. The number of amides is 1. The van der Waals surface area contributed by atoms with Gasteiger partial charge in [-0.3, -0.25) is 19.3 Å². The van der Waals surface area contributed by atoms with Gasteiger partial charge in [0.25, 0.3) is 5.56 Å². The molecule has 2 aliphatic rings. The zero-order valence-electron chi connectivity index (χ0n) is 17.3. The van der Waals surface area contributed by atoms with Gasteiger partial charge >= 0.3 is 0 Å². The molecule has 0 radical (unpaired) electrons. The van der Waals surface area contributed by atoms with Crippen LogP contribution in [-0.2, 0) is 17.9 Å². The van der Waals surface area contributed by atoms with E-state index in [-0.39, 0.29) is 23.9 Å². The van der Waals surface area contributed by atoms with Gasteiger partial charge in [-0.15, -0.1) is 0 Å². The van der Waals surface area contributed by atoms with E-state index in [1.54, 1.807) is 23.1 Å². The van der Waals surface area contributed by atoms with Gasteiger partial charge in [0.05, 0.1) is 5.69 Å². The number of rotatable bonds is 3. The Kier molecular flexibility index (Phi) is 4.53. The first-order chi connectivity index (χ1) is 14.5. The Labute approximate surface area is 175 Å². The minimum atomic E-state index is 0.0310. The van der Waals surface area contributed by atoms with E-state index in [1.165, 1.54) is 0 Å². The van der Waals surface area contributed by atoms with Crippen LogP contribution >= 0.6 is 0 Å². The van der Waals surface area contributed by atoms with Crippen LogP contribution < -0.4 is 5.56 Å². The highest BCUT2D eigenvalue weighted by atomic mass is 16.2. The zero-order chi connectivity index (χ0) is 20.8. The second-order valence-electron chi connectivity index (χ2n) is 8.54. The molecule has 0 spiro atoms. The summed E-state index contributed by atoms with van der Waals surface area (Å²) in [5, 5.41) is 4.43. The van der Waals surface area contributed by atoms with Crippen LogP contribution in [0.4, 0.5) is 0 Å². The van der Waals surface area contributed by atoms with Crippen LogP contribution in [0.3, 0.4) is 0 Å². The number of piperidine rings is 1. The van der Waals surface area contributed by atoms with Gasteiger partial charge in [0.15, 0.2) is 0 Å². The van der Waals surface area contributed by atoms with Gasteiger partial charge in [-0.2, -0.15) is 5.10 Å². The lowest BCUT2D eigenvalue weighted by Gasteiger charge is -2.43. The SMILES string of the molecule is Cc1cc(C)n(CC(=O)N2C[C@@H]3C[C@H](C2)c2cc(-c4cccnc4)cc(=O)n2C3)n1. The average molecular weight is 403 g/mol. The Morgan fingerprint density at radius 1 is 1.13 bits per heavy atom. The van der Waals surface area contributed by atoms with Crippen molar-refractivity contribution in [2.45, 2.75) is 39.3 Å². The molecule has 0 aromatic carbocycles. The first-order valence-electron chi connectivity index (χ1n) is 10.4. The summed E-state index contributed by atoms with van der Waals surface area (Å²) < 4.78 is 3.68. The van der Waals surface area contributed by atoms with E-state index in [4.69, 9.17) is 0 Å². The molecule has 2 aliphatic heterocycles. The van der Waals surface area contributed by atoms with Crippen LogP contribution in [0, 0.1) is 19.8 Å². The Hall–Kier alpha value is -3.22. The van der Waals surface area contributed by atoms with E-state index in [1.807, 2.05) is 41.5 Å². The molecule has 2 atom stereocenters. The fourth-order valence-corrected chi connectivity index (χ4v) is 4.93. The van der Waals surface area contributed by atoms with Crippen LogP contribution in [-0.4, -0.2) is 43.2 Å². The summed E-state index contributed by atoms with van der Waals surface area (Å²) in [6.45, 7) is 6.19. The summed E-state index contributed by atoms with van der Waals surface area (Å²) in [6, 6.07) is 9.64. The molecule has 7 heteroatoms. The van der Waals surface area contributed by atoms with Crippen molar-refractivity contribution in [3.63, 3.8) is 0 Å². The molecule has 2 bridgehead atoms. The second-order valence-corrected chi connectivity index (χ2v) is 8.54. The van der Waals surface area contributed by atoms with Gasteiger partial charge in [-0.25, -0.2) is 0 Å². The lowest BCUT2D eigenvalue weighted by Crippen LogP contribution is -2.50. The third-order valence-corrected chi connectivity index (χ3v) is 6.29. The minimum Gasteiger partial charge on any atom is -0.340 e. The maximum Gasteiger partial charge on any atom is 0.251 e. The molecule has 0 N–H and O–H groups in total. The smallest absolute Gasteiger partial charge is 0.251 e. The summed E-state index contributed by atoms with van der Waals surface area (Å²) in [6.07, 6.45) is 4.52. The minimum absolute atomic E-state index is 0.0310.